The van der Waals surface area contributed by atoms with E-state index in [2.05, 4.69) is 59.5 Å². The molecule has 0 amide bonds. The Bertz CT molecular complexity index is 1200. The molecular weight excluding hydrogens is 470 g/mol. The summed E-state index contributed by atoms with van der Waals surface area (Å²) in [6.45, 7) is 3.88. The Balaban J connectivity index is 0.000000349. The minimum absolute atomic E-state index is 0.234. The van der Waals surface area contributed by atoms with E-state index in [1.807, 2.05) is 30.3 Å². The van der Waals surface area contributed by atoms with Gasteiger partial charge >= 0.3 is 11.9 Å². The number of piperidine rings is 1. The van der Waals surface area contributed by atoms with Gasteiger partial charge in [0.25, 0.3) is 0 Å². The maximum atomic E-state index is 9.55. The largest absolute Gasteiger partial charge is 0.494 e. The van der Waals surface area contributed by atoms with Crippen LogP contribution in [0.15, 0.2) is 97.1 Å². The normalized spacial score (nSPS) is 20.2. The van der Waals surface area contributed by atoms with E-state index >= 15 is 0 Å². The molecule has 2 aliphatic heterocycles. The number of hydrogen-bond donors (Lipinski definition) is 2. The van der Waals surface area contributed by atoms with Crippen molar-refractivity contribution in [2.75, 3.05) is 26.2 Å². The number of carboxylic acid groups (broad SMARTS) is 2. The number of likely N-dealkylation sites (tertiary alicyclic amines) is 1. The summed E-state index contributed by atoms with van der Waals surface area (Å²) in [5.41, 5.74) is 2.41. The second kappa shape index (κ2) is 12.2. The van der Waals surface area contributed by atoms with Crippen LogP contribution in [0.4, 0.5) is 0 Å². The zero-order chi connectivity index (χ0) is 26.1. The van der Waals surface area contributed by atoms with Gasteiger partial charge in [0.15, 0.2) is 0 Å². The molecule has 1 saturated heterocycles. The molecule has 0 aliphatic carbocycles. The van der Waals surface area contributed by atoms with Crippen LogP contribution in [-0.2, 0) is 15.2 Å². The number of fused-ring (bicyclic) bond motifs is 3. The van der Waals surface area contributed by atoms with Gasteiger partial charge in [0.05, 0.1) is 6.61 Å². The summed E-state index contributed by atoms with van der Waals surface area (Å²) in [7, 11) is 0. The molecule has 0 bridgehead atoms. The molecule has 1 fully saturated rings. The zero-order valence-electron chi connectivity index (χ0n) is 20.5. The standard InChI is InChI=1S/C26H27NO2.C4H4O4/c1-3-10-21(11-4-1)26-16-18-27(17-9-19-28-22-12-5-2-6-13-22)20-24(26)23-14-7-8-15-25(23)29-26;5-3(6)1-2-4(7)8/h1-8,10-15,24H,9,16-20H2;1-2H,(H,5,6)(H,7,8). The number of benzene rings is 3. The Kier molecular flexibility index (Phi) is 8.59. The van der Waals surface area contributed by atoms with E-state index in [-0.39, 0.29) is 5.60 Å². The molecule has 2 heterocycles. The summed E-state index contributed by atoms with van der Waals surface area (Å²) >= 11 is 0. The minimum atomic E-state index is -1.26. The van der Waals surface area contributed by atoms with Gasteiger partial charge in [0, 0.05) is 49.7 Å². The number of carbonyl (C=O) groups is 2. The molecule has 192 valence electrons. The van der Waals surface area contributed by atoms with Gasteiger partial charge in [-0.1, -0.05) is 66.7 Å². The van der Waals surface area contributed by atoms with Crippen molar-refractivity contribution >= 4 is 11.9 Å². The summed E-state index contributed by atoms with van der Waals surface area (Å²) in [6, 6.07) is 29.4. The van der Waals surface area contributed by atoms with Crippen molar-refractivity contribution in [3.8, 4) is 11.5 Å². The minimum Gasteiger partial charge on any atom is -0.494 e. The van der Waals surface area contributed by atoms with Crippen LogP contribution in [-0.4, -0.2) is 53.3 Å². The van der Waals surface area contributed by atoms with Crippen molar-refractivity contribution in [1.29, 1.82) is 0 Å². The monoisotopic (exact) mass is 501 g/mol. The molecule has 37 heavy (non-hydrogen) atoms. The molecule has 0 radical (unpaired) electrons. The lowest BCUT2D eigenvalue weighted by Gasteiger charge is -2.43. The number of hydrogen-bond acceptors (Lipinski definition) is 5. The van der Waals surface area contributed by atoms with E-state index < -0.39 is 11.9 Å². The van der Waals surface area contributed by atoms with Crippen LogP contribution >= 0.6 is 0 Å². The first-order chi connectivity index (χ1) is 18.0. The lowest BCUT2D eigenvalue weighted by Crippen LogP contribution is -2.49. The van der Waals surface area contributed by atoms with E-state index in [9.17, 15) is 9.59 Å². The third-order valence-electron chi connectivity index (χ3n) is 6.65. The van der Waals surface area contributed by atoms with E-state index in [1.54, 1.807) is 0 Å². The fourth-order valence-corrected chi connectivity index (χ4v) is 4.99. The number of para-hydroxylation sites is 2. The highest BCUT2D eigenvalue weighted by Gasteiger charge is 2.52. The molecule has 0 aromatic heterocycles. The third kappa shape index (κ3) is 6.57. The first-order valence-corrected chi connectivity index (χ1v) is 12.4. The second-order valence-electron chi connectivity index (χ2n) is 9.02. The number of ether oxygens (including phenoxy) is 2. The van der Waals surface area contributed by atoms with Gasteiger partial charge in [0.2, 0.25) is 0 Å². The lowest BCUT2D eigenvalue weighted by molar-refractivity contribution is -0.134. The van der Waals surface area contributed by atoms with Crippen LogP contribution < -0.4 is 9.47 Å². The van der Waals surface area contributed by atoms with Crippen LogP contribution in [0.2, 0.25) is 0 Å². The van der Waals surface area contributed by atoms with E-state index in [1.165, 1.54) is 11.1 Å². The van der Waals surface area contributed by atoms with Crippen LogP contribution in [0.5, 0.6) is 11.5 Å². The Morgan fingerprint density at radius 3 is 2.22 bits per heavy atom. The Morgan fingerprint density at radius 2 is 1.54 bits per heavy atom. The van der Waals surface area contributed by atoms with E-state index in [0.717, 1.165) is 50.6 Å². The molecule has 2 atom stereocenters. The van der Waals surface area contributed by atoms with Gasteiger partial charge < -0.3 is 24.6 Å². The summed E-state index contributed by atoms with van der Waals surface area (Å²) in [5, 5.41) is 15.6. The molecule has 2 aliphatic rings. The van der Waals surface area contributed by atoms with Crippen molar-refractivity contribution in [2.24, 2.45) is 0 Å². The van der Waals surface area contributed by atoms with Crippen LogP contribution in [0.1, 0.15) is 29.9 Å². The summed E-state index contributed by atoms with van der Waals surface area (Å²) in [5.74, 6) is -0.146. The van der Waals surface area contributed by atoms with Gasteiger partial charge in [-0.05, 0) is 30.2 Å². The second-order valence-corrected chi connectivity index (χ2v) is 9.02. The molecule has 2 unspecified atom stereocenters. The molecule has 0 spiro atoms. The van der Waals surface area contributed by atoms with Gasteiger partial charge in [-0.2, -0.15) is 0 Å². The van der Waals surface area contributed by atoms with Crippen molar-refractivity contribution < 1.29 is 29.3 Å². The van der Waals surface area contributed by atoms with Crippen molar-refractivity contribution in [3.05, 3.63) is 108 Å². The Labute approximate surface area is 216 Å². The van der Waals surface area contributed by atoms with Crippen LogP contribution in [0.25, 0.3) is 0 Å². The number of carboxylic acids is 2. The quantitative estimate of drug-likeness (QED) is 0.333. The third-order valence-corrected chi connectivity index (χ3v) is 6.65. The molecule has 7 nitrogen and oxygen atoms in total. The van der Waals surface area contributed by atoms with Gasteiger partial charge in [-0.25, -0.2) is 9.59 Å². The lowest BCUT2D eigenvalue weighted by atomic mass is 9.74. The topological polar surface area (TPSA) is 96.3 Å². The van der Waals surface area contributed by atoms with Crippen molar-refractivity contribution in [3.63, 3.8) is 0 Å². The molecule has 5 rings (SSSR count). The maximum absolute atomic E-state index is 9.55. The summed E-state index contributed by atoms with van der Waals surface area (Å²) in [4.78, 5) is 21.7. The number of rotatable bonds is 8. The fourth-order valence-electron chi connectivity index (χ4n) is 4.99. The van der Waals surface area contributed by atoms with Crippen LogP contribution in [0.3, 0.4) is 0 Å². The van der Waals surface area contributed by atoms with E-state index in [4.69, 9.17) is 19.7 Å². The predicted octanol–water partition coefficient (Wildman–Crippen LogP) is 4.94. The molecule has 0 saturated carbocycles. The predicted molar refractivity (Wildman–Crippen MR) is 140 cm³/mol. The number of nitrogens with zero attached hydrogens (tertiary/aromatic N) is 1. The average molecular weight is 502 g/mol. The molecule has 7 heteroatoms. The van der Waals surface area contributed by atoms with Crippen LogP contribution in [0, 0.1) is 0 Å². The van der Waals surface area contributed by atoms with Gasteiger partial charge in [0.1, 0.15) is 17.1 Å². The van der Waals surface area contributed by atoms with Crippen molar-refractivity contribution in [2.45, 2.75) is 24.4 Å². The fraction of sp³-hybridized carbons (Fsp3) is 0.267. The molecule has 3 aromatic rings. The Morgan fingerprint density at radius 1 is 0.919 bits per heavy atom. The zero-order valence-corrected chi connectivity index (χ0v) is 20.5. The smallest absolute Gasteiger partial charge is 0.328 e. The Hall–Kier alpha value is -4.10. The van der Waals surface area contributed by atoms with Gasteiger partial charge in [-0.15, -0.1) is 0 Å². The molecule has 2 N–H and O–H groups in total. The number of aliphatic carboxylic acids is 2. The molecular formula is C30H31NO6. The molecule has 3 aromatic carbocycles. The average Bonchev–Trinajstić information content (AvgIpc) is 3.26. The highest BCUT2D eigenvalue weighted by Crippen LogP contribution is 2.54. The van der Waals surface area contributed by atoms with E-state index in [0.29, 0.717) is 18.1 Å². The first-order valence-electron chi connectivity index (χ1n) is 12.4. The van der Waals surface area contributed by atoms with Gasteiger partial charge in [-0.3, -0.25) is 0 Å². The van der Waals surface area contributed by atoms with Crippen molar-refractivity contribution in [1.82, 2.24) is 4.90 Å². The highest BCUT2D eigenvalue weighted by atomic mass is 16.5. The SMILES string of the molecule is O=C(O)C=CC(=O)O.c1ccc(OCCCN2CCC3(c4ccccc4)Oc4ccccc4C3C2)cc1. The summed E-state index contributed by atoms with van der Waals surface area (Å²) < 4.78 is 12.5. The maximum Gasteiger partial charge on any atom is 0.328 e. The first kappa shape index (κ1) is 26.0. The highest BCUT2D eigenvalue weighted by molar-refractivity contribution is 5.89. The summed E-state index contributed by atoms with van der Waals surface area (Å²) in [6.07, 6.45) is 3.16.